The molecule has 0 saturated carbocycles. The summed E-state index contributed by atoms with van der Waals surface area (Å²) in [5.74, 6) is -0.152. The highest BCUT2D eigenvalue weighted by Crippen LogP contribution is 2.66. The number of halogens is 1. The number of aromatic amines is 1. The Morgan fingerprint density at radius 2 is 1.91 bits per heavy atom. The minimum Gasteiger partial charge on any atom is -0.390 e. The zero-order valence-corrected chi connectivity index (χ0v) is 20.3. The highest BCUT2D eigenvalue weighted by Gasteiger charge is 2.43. The number of phosphoric acid groups is 3. The number of aliphatic hydroxyl groups is 1. The van der Waals surface area contributed by atoms with E-state index in [0.29, 0.717) is 3.57 Å². The lowest BCUT2D eigenvalue weighted by Gasteiger charge is -2.19. The van der Waals surface area contributed by atoms with Crippen molar-refractivity contribution < 1.29 is 56.3 Å². The molecule has 1 aliphatic rings. The molecule has 8 N–H and O–H groups in total. The predicted molar refractivity (Wildman–Crippen MR) is 112 cm³/mol. The van der Waals surface area contributed by atoms with E-state index in [1.165, 1.54) is 10.8 Å². The molecule has 0 amide bonds. The monoisotopic (exact) mass is 632 g/mol. The van der Waals surface area contributed by atoms with Crippen molar-refractivity contribution in [3.63, 3.8) is 0 Å². The second-order valence-electron chi connectivity index (χ2n) is 6.35. The fraction of sp³-hybridized carbons (Fsp3) is 0.455. The van der Waals surface area contributed by atoms with E-state index < -0.39 is 54.1 Å². The van der Waals surface area contributed by atoms with Gasteiger partial charge in [0.25, 0.3) is 5.56 Å². The van der Waals surface area contributed by atoms with E-state index in [1.807, 2.05) is 22.6 Å². The lowest BCUT2D eigenvalue weighted by atomic mass is 10.2. The topological polar surface area (TPSA) is 266 Å². The summed E-state index contributed by atoms with van der Waals surface area (Å²) >= 11 is 1.89. The van der Waals surface area contributed by atoms with Gasteiger partial charge in [-0.05, 0) is 22.6 Å². The SMILES string of the molecule is Nc1nc2c(c(I)cn2[C@H]2C[C@@H](O)[C@@H](COP(=O)(O)OP(=O)(O)OP(=O)(O)O)O2)c(=O)[nH]1. The molecule has 0 aromatic carbocycles. The molecule has 0 aliphatic carbocycles. The van der Waals surface area contributed by atoms with E-state index in [9.17, 15) is 28.5 Å². The van der Waals surface area contributed by atoms with Gasteiger partial charge in [0, 0.05) is 16.2 Å². The zero-order valence-electron chi connectivity index (χ0n) is 15.4. The van der Waals surface area contributed by atoms with Crippen LogP contribution in [0.2, 0.25) is 0 Å². The van der Waals surface area contributed by atoms with Crippen LogP contribution in [0.4, 0.5) is 5.95 Å². The predicted octanol–water partition coefficient (Wildman–Crippen LogP) is -0.0969. The van der Waals surface area contributed by atoms with Gasteiger partial charge < -0.3 is 39.7 Å². The first-order chi connectivity index (χ1) is 14.6. The second-order valence-corrected chi connectivity index (χ2v) is 11.9. The van der Waals surface area contributed by atoms with Crippen molar-refractivity contribution in [1.82, 2.24) is 14.5 Å². The zero-order chi connectivity index (χ0) is 24.1. The minimum atomic E-state index is -5.67. The third kappa shape index (κ3) is 6.24. The number of fused-ring (bicyclic) bond motifs is 1. The Labute approximate surface area is 191 Å². The maximum Gasteiger partial charge on any atom is 0.490 e. The number of aromatic nitrogens is 3. The Balaban J connectivity index is 1.71. The van der Waals surface area contributed by atoms with E-state index in [4.69, 9.17) is 25.2 Å². The van der Waals surface area contributed by atoms with E-state index >= 15 is 0 Å². The first-order valence-electron chi connectivity index (χ1n) is 8.24. The molecule has 1 fully saturated rings. The molecule has 0 spiro atoms. The number of nitrogen functional groups attached to an aromatic ring is 1. The Morgan fingerprint density at radius 1 is 1.25 bits per heavy atom. The van der Waals surface area contributed by atoms with Crippen molar-refractivity contribution in [3.8, 4) is 0 Å². The second kappa shape index (κ2) is 9.14. The average Bonchev–Trinajstić information content (AvgIpc) is 3.09. The number of nitrogens with two attached hydrogens (primary N) is 1. The summed E-state index contributed by atoms with van der Waals surface area (Å²) in [5, 5.41) is 10.4. The minimum absolute atomic E-state index is 0.0569. The van der Waals surface area contributed by atoms with Crippen molar-refractivity contribution in [2.45, 2.75) is 24.9 Å². The van der Waals surface area contributed by atoms with Crippen LogP contribution in [0.3, 0.4) is 0 Å². The van der Waals surface area contributed by atoms with Gasteiger partial charge in [-0.3, -0.25) is 14.3 Å². The molecule has 3 heterocycles. The number of phosphoric ester groups is 1. The molecular weight excluding hydrogens is 616 g/mol. The van der Waals surface area contributed by atoms with E-state index in [-0.39, 0.29) is 23.4 Å². The fourth-order valence-electron chi connectivity index (χ4n) is 2.85. The highest BCUT2D eigenvalue weighted by molar-refractivity contribution is 14.1. The molecule has 21 heteroatoms. The molecule has 180 valence electrons. The van der Waals surface area contributed by atoms with Crippen molar-refractivity contribution in [1.29, 1.82) is 0 Å². The molecule has 1 aliphatic heterocycles. The van der Waals surface area contributed by atoms with Crippen molar-refractivity contribution in [2.75, 3.05) is 12.3 Å². The van der Waals surface area contributed by atoms with Crippen molar-refractivity contribution >= 4 is 63.0 Å². The number of ether oxygens (including phenoxy) is 1. The number of nitrogens with zero attached hydrogens (tertiary/aromatic N) is 2. The van der Waals surface area contributed by atoms with Crippen LogP contribution in [0.15, 0.2) is 11.0 Å². The average molecular weight is 632 g/mol. The lowest BCUT2D eigenvalue weighted by Crippen LogP contribution is -2.26. The number of H-pyrrole nitrogens is 1. The van der Waals surface area contributed by atoms with Gasteiger partial charge in [0.2, 0.25) is 5.95 Å². The molecule has 1 saturated heterocycles. The number of hydrogen-bond acceptors (Lipinski definition) is 11. The number of nitrogens with one attached hydrogen (secondary N) is 1. The first kappa shape index (κ1) is 25.9. The van der Waals surface area contributed by atoms with Gasteiger partial charge >= 0.3 is 23.5 Å². The van der Waals surface area contributed by atoms with E-state index in [1.54, 1.807) is 0 Å². The van der Waals surface area contributed by atoms with Crippen LogP contribution >= 0.6 is 46.1 Å². The Morgan fingerprint density at radius 3 is 2.53 bits per heavy atom. The summed E-state index contributed by atoms with van der Waals surface area (Å²) in [7, 11) is -16.6. The summed E-state index contributed by atoms with van der Waals surface area (Å²) < 4.78 is 53.0. The molecule has 2 aromatic rings. The molecule has 5 atom stereocenters. The normalized spacial score (nSPS) is 25.6. The number of anilines is 1. The first-order valence-corrected chi connectivity index (χ1v) is 13.8. The highest BCUT2D eigenvalue weighted by atomic mass is 127. The van der Waals surface area contributed by atoms with Crippen LogP contribution in [0.25, 0.3) is 11.0 Å². The maximum atomic E-state index is 12.1. The van der Waals surface area contributed by atoms with Gasteiger partial charge in [-0.15, -0.1) is 0 Å². The Kier molecular flexibility index (Phi) is 7.40. The number of aliphatic hydroxyl groups excluding tert-OH is 1. The van der Waals surface area contributed by atoms with Crippen LogP contribution in [0, 0.1) is 3.57 Å². The number of rotatable bonds is 8. The quantitative estimate of drug-likeness (QED) is 0.148. The number of hydrogen-bond donors (Lipinski definition) is 7. The Hall–Kier alpha value is -0.720. The van der Waals surface area contributed by atoms with Crippen LogP contribution < -0.4 is 11.3 Å². The molecule has 32 heavy (non-hydrogen) atoms. The van der Waals surface area contributed by atoms with Crippen LogP contribution in [0.1, 0.15) is 12.6 Å². The molecule has 2 aromatic heterocycles. The largest absolute Gasteiger partial charge is 0.490 e. The molecule has 2 unspecified atom stereocenters. The summed E-state index contributed by atoms with van der Waals surface area (Å²) in [6, 6.07) is 0. The molecular formula is C11H16IN4O13P3. The summed E-state index contributed by atoms with van der Waals surface area (Å²) in [4.78, 5) is 54.2. The van der Waals surface area contributed by atoms with Gasteiger partial charge in [0.1, 0.15) is 12.3 Å². The molecule has 17 nitrogen and oxygen atoms in total. The third-order valence-electron chi connectivity index (χ3n) is 3.99. The standard InChI is InChI=1S/C11H16IN4O13P3/c12-4-2-16(9-8(4)10(18)15-11(13)14-9)7-1-5(17)6(27-7)3-26-31(22,23)29-32(24,25)28-30(19,20)21/h2,5-7,17H,1,3H2,(H,22,23)(H,24,25)(H2,19,20,21)(H3,13,14,15,18)/t5-,6-,7-/m1/s1. The molecule has 0 radical (unpaired) electrons. The van der Waals surface area contributed by atoms with E-state index in [0.717, 1.165) is 0 Å². The van der Waals surface area contributed by atoms with Gasteiger partial charge in [-0.1, -0.05) is 0 Å². The van der Waals surface area contributed by atoms with Crippen LogP contribution in [0.5, 0.6) is 0 Å². The van der Waals surface area contributed by atoms with Crippen LogP contribution in [-0.4, -0.2) is 58.0 Å². The summed E-state index contributed by atoms with van der Waals surface area (Å²) in [5.41, 5.74) is 5.25. The van der Waals surface area contributed by atoms with Gasteiger partial charge in [0.15, 0.2) is 5.65 Å². The lowest BCUT2D eigenvalue weighted by molar-refractivity contribution is -0.0422. The summed E-state index contributed by atoms with van der Waals surface area (Å²) in [6.07, 6.45) is -1.91. The fourth-order valence-corrected chi connectivity index (χ4v) is 6.67. The van der Waals surface area contributed by atoms with Gasteiger partial charge in [0.05, 0.1) is 18.1 Å². The maximum absolute atomic E-state index is 12.1. The van der Waals surface area contributed by atoms with Crippen molar-refractivity contribution in [2.24, 2.45) is 0 Å². The van der Waals surface area contributed by atoms with Gasteiger partial charge in [-0.25, -0.2) is 13.7 Å². The van der Waals surface area contributed by atoms with E-state index in [2.05, 4.69) is 23.1 Å². The smallest absolute Gasteiger partial charge is 0.390 e. The summed E-state index contributed by atoms with van der Waals surface area (Å²) in [6.45, 7) is -0.826. The molecule has 3 rings (SSSR count). The third-order valence-corrected chi connectivity index (χ3v) is 8.61. The Bertz CT molecular complexity index is 1230. The molecule has 0 bridgehead atoms. The van der Waals surface area contributed by atoms with Crippen molar-refractivity contribution in [3.05, 3.63) is 20.1 Å². The van der Waals surface area contributed by atoms with Gasteiger partial charge in [-0.2, -0.15) is 13.6 Å². The van der Waals surface area contributed by atoms with Crippen LogP contribution in [-0.2, 0) is 31.6 Å².